The second-order valence-electron chi connectivity index (χ2n) is 6.63. The molecule has 2 N–H and O–H groups in total. The van der Waals surface area contributed by atoms with Gasteiger partial charge in [0.25, 0.3) is 0 Å². The number of nitrogens with zero attached hydrogens (tertiary/aromatic N) is 4. The van der Waals surface area contributed by atoms with Gasteiger partial charge < -0.3 is 10.1 Å². The number of fused-ring (bicyclic) bond motifs is 2. The number of rotatable bonds is 3. The third-order valence-corrected chi connectivity index (χ3v) is 5.17. The Bertz CT molecular complexity index is 1430. The average Bonchev–Trinajstić information content (AvgIpc) is 3.06. The van der Waals surface area contributed by atoms with Crippen molar-refractivity contribution in [3.63, 3.8) is 0 Å². The van der Waals surface area contributed by atoms with E-state index in [9.17, 15) is 5.11 Å². The second-order valence-corrected chi connectivity index (χ2v) is 7.50. The van der Waals surface area contributed by atoms with Gasteiger partial charge in [-0.1, -0.05) is 35.3 Å². The van der Waals surface area contributed by atoms with Gasteiger partial charge in [0.2, 0.25) is 5.88 Å². The molecule has 0 aliphatic carbocycles. The van der Waals surface area contributed by atoms with E-state index in [4.69, 9.17) is 23.2 Å². The van der Waals surface area contributed by atoms with E-state index in [0.29, 0.717) is 32.4 Å². The zero-order valence-corrected chi connectivity index (χ0v) is 16.9. The van der Waals surface area contributed by atoms with Crippen molar-refractivity contribution in [1.82, 2.24) is 15.0 Å². The summed E-state index contributed by atoms with van der Waals surface area (Å²) in [6.45, 7) is 0. The third kappa shape index (κ3) is 3.36. The van der Waals surface area contributed by atoms with Crippen LogP contribution in [0.3, 0.4) is 0 Å². The number of azo groups is 1. The van der Waals surface area contributed by atoms with Gasteiger partial charge in [-0.2, -0.15) is 0 Å². The van der Waals surface area contributed by atoms with Gasteiger partial charge in [0, 0.05) is 32.6 Å². The van der Waals surface area contributed by atoms with Crippen molar-refractivity contribution in [2.24, 2.45) is 10.2 Å². The molecule has 6 nitrogen and oxygen atoms in total. The fourth-order valence-electron chi connectivity index (χ4n) is 3.25. The van der Waals surface area contributed by atoms with E-state index in [1.807, 2.05) is 30.3 Å². The number of hydrogen-bond donors (Lipinski definition) is 2. The van der Waals surface area contributed by atoms with Crippen LogP contribution < -0.4 is 0 Å². The van der Waals surface area contributed by atoms with Crippen LogP contribution in [-0.2, 0) is 0 Å². The number of aromatic amines is 1. The number of benzene rings is 2. The fraction of sp³-hybridized carbons (Fsp3) is 0. The summed E-state index contributed by atoms with van der Waals surface area (Å²) in [6.07, 6.45) is 1.67. The lowest BCUT2D eigenvalue weighted by Gasteiger charge is -2.07. The molecule has 30 heavy (non-hydrogen) atoms. The maximum Gasteiger partial charge on any atom is 0.218 e. The van der Waals surface area contributed by atoms with Gasteiger partial charge in [-0.25, -0.2) is 9.97 Å². The first-order valence-corrected chi connectivity index (χ1v) is 9.78. The predicted octanol–water partition coefficient (Wildman–Crippen LogP) is 7.21. The van der Waals surface area contributed by atoms with Gasteiger partial charge in [0.05, 0.1) is 5.52 Å². The van der Waals surface area contributed by atoms with Crippen LogP contribution in [0.15, 0.2) is 77.1 Å². The number of H-pyrrole nitrogens is 1. The van der Waals surface area contributed by atoms with Crippen LogP contribution in [0.4, 0.5) is 11.5 Å². The molecular formula is C22H13Cl2N5O. The molecular weight excluding hydrogens is 421 g/mol. The quantitative estimate of drug-likeness (QED) is 0.294. The van der Waals surface area contributed by atoms with Crippen LogP contribution in [0.25, 0.3) is 33.1 Å². The molecule has 0 atom stereocenters. The molecule has 0 unspecified atom stereocenters. The van der Waals surface area contributed by atoms with E-state index in [1.54, 1.807) is 36.5 Å². The topological polar surface area (TPSA) is 86.5 Å². The standard InChI is InChI=1S/C22H13Cl2N5O/c23-14-5-3-12(4-6-14)16-10-13-2-1-9-25-20(13)27-21(16)29-28-19-17-11-15(24)7-8-18(17)26-22(19)30/h1-11,26,30H. The van der Waals surface area contributed by atoms with E-state index < -0.39 is 0 Å². The summed E-state index contributed by atoms with van der Waals surface area (Å²) in [5, 5.41) is 21.6. The van der Waals surface area contributed by atoms with E-state index in [1.165, 1.54) is 0 Å². The van der Waals surface area contributed by atoms with Crippen molar-refractivity contribution < 1.29 is 5.11 Å². The van der Waals surface area contributed by atoms with E-state index in [2.05, 4.69) is 25.2 Å². The highest BCUT2D eigenvalue weighted by molar-refractivity contribution is 6.31. The molecule has 0 aliphatic rings. The number of halogens is 2. The van der Waals surface area contributed by atoms with Crippen LogP contribution in [0.5, 0.6) is 5.88 Å². The maximum absolute atomic E-state index is 10.3. The molecule has 146 valence electrons. The highest BCUT2D eigenvalue weighted by atomic mass is 35.5. The minimum absolute atomic E-state index is 0.0945. The Kier molecular flexibility index (Phi) is 4.58. The highest BCUT2D eigenvalue weighted by Gasteiger charge is 2.13. The molecule has 0 radical (unpaired) electrons. The van der Waals surface area contributed by atoms with Crippen LogP contribution in [0.2, 0.25) is 10.0 Å². The Balaban J connectivity index is 1.68. The molecule has 0 saturated carbocycles. The molecule has 0 spiro atoms. The first kappa shape index (κ1) is 18.5. The van der Waals surface area contributed by atoms with Crippen molar-refractivity contribution in [1.29, 1.82) is 0 Å². The fourth-order valence-corrected chi connectivity index (χ4v) is 3.55. The second kappa shape index (κ2) is 7.40. The Morgan fingerprint density at radius 3 is 2.53 bits per heavy atom. The third-order valence-electron chi connectivity index (χ3n) is 4.68. The summed E-state index contributed by atoms with van der Waals surface area (Å²) in [6, 6.07) is 18.4. The highest BCUT2D eigenvalue weighted by Crippen LogP contribution is 2.39. The van der Waals surface area contributed by atoms with Gasteiger partial charge in [-0.15, -0.1) is 10.2 Å². The predicted molar refractivity (Wildman–Crippen MR) is 119 cm³/mol. The monoisotopic (exact) mass is 433 g/mol. The molecule has 0 bridgehead atoms. The van der Waals surface area contributed by atoms with Crippen molar-refractivity contribution >= 4 is 56.6 Å². The molecule has 3 aromatic heterocycles. The summed E-state index contributed by atoms with van der Waals surface area (Å²) >= 11 is 12.1. The molecule has 0 fully saturated rings. The number of aromatic hydroxyl groups is 1. The Morgan fingerprint density at radius 1 is 0.900 bits per heavy atom. The molecule has 5 rings (SSSR count). The van der Waals surface area contributed by atoms with E-state index >= 15 is 0 Å². The number of aromatic nitrogens is 3. The van der Waals surface area contributed by atoms with Gasteiger partial charge >= 0.3 is 0 Å². The minimum Gasteiger partial charge on any atom is -0.493 e. The minimum atomic E-state index is -0.0945. The van der Waals surface area contributed by atoms with Gasteiger partial charge in [0.1, 0.15) is 0 Å². The summed E-state index contributed by atoms with van der Waals surface area (Å²) in [5.41, 5.74) is 3.20. The van der Waals surface area contributed by atoms with Crippen LogP contribution >= 0.6 is 23.2 Å². The molecule has 3 heterocycles. The average molecular weight is 434 g/mol. The number of nitrogens with one attached hydrogen (secondary N) is 1. The summed E-state index contributed by atoms with van der Waals surface area (Å²) in [4.78, 5) is 11.8. The zero-order chi connectivity index (χ0) is 20.7. The lowest BCUT2D eigenvalue weighted by molar-refractivity contribution is 0.459. The summed E-state index contributed by atoms with van der Waals surface area (Å²) in [5.74, 6) is 0.280. The zero-order valence-electron chi connectivity index (χ0n) is 15.3. The Hall–Kier alpha value is -3.48. The van der Waals surface area contributed by atoms with Crippen LogP contribution in [-0.4, -0.2) is 20.1 Å². The first-order valence-electron chi connectivity index (χ1n) is 9.02. The van der Waals surface area contributed by atoms with Crippen molar-refractivity contribution in [2.45, 2.75) is 0 Å². The van der Waals surface area contributed by atoms with Crippen LogP contribution in [0.1, 0.15) is 0 Å². The Morgan fingerprint density at radius 2 is 1.70 bits per heavy atom. The molecule has 0 amide bonds. The lowest BCUT2D eigenvalue weighted by Crippen LogP contribution is -1.87. The van der Waals surface area contributed by atoms with Crippen LogP contribution in [0, 0.1) is 0 Å². The molecule has 8 heteroatoms. The smallest absolute Gasteiger partial charge is 0.218 e. The van der Waals surface area contributed by atoms with Crippen molar-refractivity contribution in [3.8, 4) is 17.0 Å². The van der Waals surface area contributed by atoms with Gasteiger partial charge in [-0.05, 0) is 54.1 Å². The normalized spacial score (nSPS) is 11.7. The Labute approximate surface area is 180 Å². The van der Waals surface area contributed by atoms with Gasteiger partial charge in [-0.3, -0.25) is 0 Å². The lowest BCUT2D eigenvalue weighted by atomic mass is 10.1. The molecule has 0 aliphatic heterocycles. The number of pyridine rings is 2. The van der Waals surface area contributed by atoms with Crippen molar-refractivity contribution in [2.75, 3.05) is 0 Å². The van der Waals surface area contributed by atoms with Crippen molar-refractivity contribution in [3.05, 3.63) is 76.9 Å². The molecule has 0 saturated heterocycles. The van der Waals surface area contributed by atoms with Gasteiger partial charge in [0.15, 0.2) is 17.2 Å². The van der Waals surface area contributed by atoms with E-state index in [-0.39, 0.29) is 11.6 Å². The molecule has 2 aromatic carbocycles. The first-order chi connectivity index (χ1) is 14.6. The molecule has 5 aromatic rings. The van der Waals surface area contributed by atoms with E-state index in [0.717, 1.165) is 16.5 Å². The SMILES string of the molecule is Oc1[nH]c2ccc(Cl)cc2c1N=Nc1nc2ncccc2cc1-c1ccc(Cl)cc1. The summed E-state index contributed by atoms with van der Waals surface area (Å²) in [7, 11) is 0. The summed E-state index contributed by atoms with van der Waals surface area (Å²) < 4.78 is 0. The largest absolute Gasteiger partial charge is 0.493 e. The number of hydrogen-bond acceptors (Lipinski definition) is 5. The maximum atomic E-state index is 10.3.